The summed E-state index contributed by atoms with van der Waals surface area (Å²) >= 11 is 0. The molecule has 0 spiro atoms. The molecule has 0 radical (unpaired) electrons. The lowest BCUT2D eigenvalue weighted by molar-refractivity contribution is -0.275. The summed E-state index contributed by atoms with van der Waals surface area (Å²) in [7, 11) is 0. The first-order valence-electron chi connectivity index (χ1n) is 8.43. The lowest BCUT2D eigenvalue weighted by atomic mass is 9.86. The molecule has 0 aromatic heterocycles. The van der Waals surface area contributed by atoms with Crippen LogP contribution in [-0.4, -0.2) is 6.36 Å². The molecule has 7 heteroatoms. The second-order valence-electron chi connectivity index (χ2n) is 6.37. The maximum atomic E-state index is 14.9. The Labute approximate surface area is 152 Å². The second-order valence-corrected chi connectivity index (χ2v) is 6.37. The van der Waals surface area contributed by atoms with E-state index in [2.05, 4.69) is 4.74 Å². The number of allylic oxidation sites excluding steroid dienone is 2. The van der Waals surface area contributed by atoms with Crippen LogP contribution in [0.25, 0.3) is 11.1 Å². The van der Waals surface area contributed by atoms with Crippen LogP contribution in [-0.2, 0) is 12.8 Å². The van der Waals surface area contributed by atoms with Crippen LogP contribution in [0.4, 0.5) is 26.3 Å². The van der Waals surface area contributed by atoms with Gasteiger partial charge < -0.3 is 4.74 Å². The molecule has 144 valence electrons. The molecule has 2 aromatic carbocycles. The standard InChI is InChI=1S/C20H16F6O/c1-2-3-11-4-6-14-13(8-11)10-16(22)18(19(14)23)12-5-7-17(15(21)9-12)27-20(24,25)26/h4-5,7,9-10H,2-3,6,8H2,1H3. The summed E-state index contributed by atoms with van der Waals surface area (Å²) in [6.45, 7) is 2.02. The second kappa shape index (κ2) is 7.29. The summed E-state index contributed by atoms with van der Waals surface area (Å²) in [5, 5.41) is 0. The van der Waals surface area contributed by atoms with E-state index in [0.717, 1.165) is 24.5 Å². The minimum Gasteiger partial charge on any atom is -0.403 e. The summed E-state index contributed by atoms with van der Waals surface area (Å²) in [6, 6.07) is 3.56. The highest BCUT2D eigenvalue weighted by atomic mass is 19.4. The zero-order chi connectivity index (χ0) is 19.8. The predicted molar refractivity (Wildman–Crippen MR) is 88.8 cm³/mol. The van der Waals surface area contributed by atoms with Crippen molar-refractivity contribution in [1.29, 1.82) is 0 Å². The number of alkyl halides is 3. The molecule has 2 aromatic rings. The van der Waals surface area contributed by atoms with Crippen molar-refractivity contribution in [2.75, 3.05) is 0 Å². The summed E-state index contributed by atoms with van der Waals surface area (Å²) in [4.78, 5) is 0. The van der Waals surface area contributed by atoms with Gasteiger partial charge in [0.15, 0.2) is 11.6 Å². The van der Waals surface area contributed by atoms with Crippen LogP contribution in [0.2, 0.25) is 0 Å². The Balaban J connectivity index is 1.99. The van der Waals surface area contributed by atoms with Crippen LogP contribution < -0.4 is 4.74 Å². The van der Waals surface area contributed by atoms with Gasteiger partial charge in [-0.2, -0.15) is 0 Å². The smallest absolute Gasteiger partial charge is 0.403 e. The molecule has 0 saturated heterocycles. The van der Waals surface area contributed by atoms with Gasteiger partial charge in [-0.15, -0.1) is 13.2 Å². The molecule has 1 aliphatic carbocycles. The van der Waals surface area contributed by atoms with Crippen molar-refractivity contribution in [3.05, 3.63) is 64.5 Å². The highest BCUT2D eigenvalue weighted by molar-refractivity contribution is 5.68. The Morgan fingerprint density at radius 3 is 2.41 bits per heavy atom. The van der Waals surface area contributed by atoms with Crippen molar-refractivity contribution in [2.45, 2.75) is 39.0 Å². The molecule has 27 heavy (non-hydrogen) atoms. The third-order valence-electron chi connectivity index (χ3n) is 4.44. The maximum absolute atomic E-state index is 14.9. The molecule has 0 bridgehead atoms. The molecule has 0 unspecified atom stereocenters. The Morgan fingerprint density at radius 2 is 1.78 bits per heavy atom. The molecule has 0 aliphatic heterocycles. The molecule has 3 rings (SSSR count). The third kappa shape index (κ3) is 4.12. The Morgan fingerprint density at radius 1 is 1.04 bits per heavy atom. The van der Waals surface area contributed by atoms with Crippen LogP contribution in [0, 0.1) is 17.5 Å². The van der Waals surface area contributed by atoms with Gasteiger partial charge in [0.05, 0.1) is 5.56 Å². The topological polar surface area (TPSA) is 9.23 Å². The minimum atomic E-state index is -5.06. The van der Waals surface area contributed by atoms with Crippen LogP contribution in [0.15, 0.2) is 35.9 Å². The van der Waals surface area contributed by atoms with Crippen molar-refractivity contribution in [3.8, 4) is 16.9 Å². The number of halogens is 6. The first kappa shape index (κ1) is 19.3. The Kier molecular flexibility index (Phi) is 5.22. The van der Waals surface area contributed by atoms with Crippen molar-refractivity contribution in [2.24, 2.45) is 0 Å². The van der Waals surface area contributed by atoms with E-state index >= 15 is 0 Å². The number of fused-ring (bicyclic) bond motifs is 1. The SMILES string of the molecule is CCCC1=CCc2c(cc(F)c(-c3ccc(OC(F)(F)F)c(F)c3)c2F)C1. The Bertz CT molecular complexity index is 898. The number of hydrogen-bond donors (Lipinski definition) is 0. The summed E-state index contributed by atoms with van der Waals surface area (Å²) in [5.41, 5.74) is 1.32. The van der Waals surface area contributed by atoms with E-state index in [-0.39, 0.29) is 5.56 Å². The number of ether oxygens (including phenoxy) is 1. The number of rotatable bonds is 4. The van der Waals surface area contributed by atoms with E-state index in [1.54, 1.807) is 0 Å². The zero-order valence-corrected chi connectivity index (χ0v) is 14.4. The summed E-state index contributed by atoms with van der Waals surface area (Å²) in [5.74, 6) is -4.11. The minimum absolute atomic E-state index is 0.192. The van der Waals surface area contributed by atoms with Gasteiger partial charge in [-0.25, -0.2) is 13.2 Å². The van der Waals surface area contributed by atoms with Gasteiger partial charge in [0, 0.05) is 0 Å². The summed E-state index contributed by atoms with van der Waals surface area (Å²) in [6.07, 6.45) is -0.650. The van der Waals surface area contributed by atoms with Gasteiger partial charge in [-0.05, 0) is 54.2 Å². The fourth-order valence-electron chi connectivity index (χ4n) is 3.29. The van der Waals surface area contributed by atoms with Gasteiger partial charge in [0.25, 0.3) is 0 Å². The van der Waals surface area contributed by atoms with Crippen molar-refractivity contribution in [1.82, 2.24) is 0 Å². The van der Waals surface area contributed by atoms with E-state index in [1.165, 1.54) is 6.07 Å². The fraction of sp³-hybridized carbons (Fsp3) is 0.300. The highest BCUT2D eigenvalue weighted by Gasteiger charge is 2.32. The summed E-state index contributed by atoms with van der Waals surface area (Å²) < 4.78 is 83.6. The molecule has 0 atom stereocenters. The third-order valence-corrected chi connectivity index (χ3v) is 4.44. The predicted octanol–water partition coefficient (Wildman–Crippen LogP) is 6.49. The lowest BCUT2D eigenvalue weighted by Gasteiger charge is -2.20. The van der Waals surface area contributed by atoms with Gasteiger partial charge in [-0.3, -0.25) is 0 Å². The lowest BCUT2D eigenvalue weighted by Crippen LogP contribution is -2.18. The van der Waals surface area contributed by atoms with Crippen molar-refractivity contribution < 1.29 is 31.1 Å². The molecule has 0 fully saturated rings. The largest absolute Gasteiger partial charge is 0.573 e. The molecule has 0 amide bonds. The average Bonchev–Trinajstić information content (AvgIpc) is 2.56. The Hall–Kier alpha value is -2.44. The zero-order valence-electron chi connectivity index (χ0n) is 14.4. The molecule has 1 aliphatic rings. The number of hydrogen-bond acceptors (Lipinski definition) is 1. The first-order chi connectivity index (χ1) is 12.7. The number of benzene rings is 2. The van der Waals surface area contributed by atoms with Gasteiger partial charge >= 0.3 is 6.36 Å². The molecular weight excluding hydrogens is 370 g/mol. The van der Waals surface area contributed by atoms with Crippen LogP contribution in [0.1, 0.15) is 30.9 Å². The van der Waals surface area contributed by atoms with E-state index in [0.29, 0.717) is 36.1 Å². The average molecular weight is 386 g/mol. The van der Waals surface area contributed by atoms with E-state index < -0.39 is 35.1 Å². The molecule has 0 heterocycles. The monoisotopic (exact) mass is 386 g/mol. The van der Waals surface area contributed by atoms with Crippen LogP contribution in [0.3, 0.4) is 0 Å². The van der Waals surface area contributed by atoms with Crippen molar-refractivity contribution >= 4 is 0 Å². The van der Waals surface area contributed by atoms with Crippen molar-refractivity contribution in [3.63, 3.8) is 0 Å². The van der Waals surface area contributed by atoms with Gasteiger partial charge in [0.1, 0.15) is 11.6 Å². The quantitative estimate of drug-likeness (QED) is 0.431. The van der Waals surface area contributed by atoms with Crippen LogP contribution in [0.5, 0.6) is 5.75 Å². The molecule has 1 nitrogen and oxygen atoms in total. The van der Waals surface area contributed by atoms with Crippen LogP contribution >= 0.6 is 0 Å². The highest BCUT2D eigenvalue weighted by Crippen LogP contribution is 2.36. The first-order valence-corrected chi connectivity index (χ1v) is 8.43. The van der Waals surface area contributed by atoms with E-state index in [9.17, 15) is 26.3 Å². The normalized spacial score (nSPS) is 14.0. The fourth-order valence-corrected chi connectivity index (χ4v) is 3.29. The van der Waals surface area contributed by atoms with Gasteiger partial charge in [0.2, 0.25) is 0 Å². The maximum Gasteiger partial charge on any atom is 0.573 e. The van der Waals surface area contributed by atoms with E-state index in [4.69, 9.17) is 0 Å². The molecule has 0 saturated carbocycles. The van der Waals surface area contributed by atoms with Gasteiger partial charge in [-0.1, -0.05) is 31.1 Å². The molecular formula is C20H16F6O. The van der Waals surface area contributed by atoms with E-state index in [1.807, 2.05) is 13.0 Å². The molecule has 0 N–H and O–H groups in total.